The number of ether oxygens (including phenoxy) is 1. The van der Waals surface area contributed by atoms with Crippen LogP contribution in [0.4, 0.5) is 0 Å². The molecule has 0 N–H and O–H groups in total. The number of benzene rings is 1. The number of pyridine rings is 1. The lowest BCUT2D eigenvalue weighted by Crippen LogP contribution is -2.08. The number of nitriles is 1. The smallest absolute Gasteiger partial charge is 0.171 e. The summed E-state index contributed by atoms with van der Waals surface area (Å²) in [6.07, 6.45) is 1.50. The van der Waals surface area contributed by atoms with Crippen LogP contribution >= 0.6 is 0 Å². The fraction of sp³-hybridized carbons (Fsp3) is 0.133. The molecule has 0 aliphatic rings. The van der Waals surface area contributed by atoms with Crippen LogP contribution in [0.2, 0.25) is 0 Å². The monoisotopic (exact) mass is 264 g/mol. The van der Waals surface area contributed by atoms with E-state index in [1.807, 2.05) is 34.7 Å². The van der Waals surface area contributed by atoms with Crippen molar-refractivity contribution >= 4 is 5.65 Å². The topological polar surface area (TPSA) is 63.2 Å². The van der Waals surface area contributed by atoms with E-state index in [4.69, 9.17) is 10.00 Å². The Kier molecular flexibility index (Phi) is 3.15. The van der Waals surface area contributed by atoms with E-state index in [1.165, 1.54) is 0 Å². The Morgan fingerprint density at radius 2 is 2.00 bits per heavy atom. The van der Waals surface area contributed by atoms with E-state index < -0.39 is 0 Å². The van der Waals surface area contributed by atoms with Gasteiger partial charge in [-0.2, -0.15) is 5.26 Å². The molecule has 5 nitrogen and oxygen atoms in total. The van der Waals surface area contributed by atoms with E-state index in [0.29, 0.717) is 17.0 Å². The third-order valence-electron chi connectivity index (χ3n) is 3.14. The van der Waals surface area contributed by atoms with Gasteiger partial charge in [-0.1, -0.05) is 30.3 Å². The van der Waals surface area contributed by atoms with Crippen molar-refractivity contribution in [3.63, 3.8) is 0 Å². The summed E-state index contributed by atoms with van der Waals surface area (Å²) in [5.74, 6) is 0.693. The molecule has 1 atom stereocenters. The lowest BCUT2D eigenvalue weighted by Gasteiger charge is -2.13. The third-order valence-corrected chi connectivity index (χ3v) is 3.14. The van der Waals surface area contributed by atoms with Gasteiger partial charge in [0.05, 0.1) is 11.6 Å². The molecular formula is C15H12N4O. The number of nitrogens with zero attached hydrogens (tertiary/aromatic N) is 4. The molecule has 0 amide bonds. The summed E-state index contributed by atoms with van der Waals surface area (Å²) in [6.45, 7) is 0. The van der Waals surface area contributed by atoms with E-state index in [2.05, 4.69) is 16.3 Å². The maximum atomic E-state index is 8.91. The van der Waals surface area contributed by atoms with Gasteiger partial charge in [0.1, 0.15) is 6.10 Å². The number of aromatic nitrogens is 3. The van der Waals surface area contributed by atoms with Gasteiger partial charge >= 0.3 is 0 Å². The SMILES string of the molecule is COC(c1ccccc1)c1nnc2cc(C#N)ccn12. The molecule has 0 fully saturated rings. The average molecular weight is 264 g/mol. The normalized spacial score (nSPS) is 12.2. The van der Waals surface area contributed by atoms with Crippen LogP contribution in [0, 0.1) is 11.3 Å². The zero-order valence-corrected chi connectivity index (χ0v) is 10.9. The van der Waals surface area contributed by atoms with E-state index >= 15 is 0 Å². The van der Waals surface area contributed by atoms with Crippen molar-refractivity contribution in [3.05, 3.63) is 65.6 Å². The van der Waals surface area contributed by atoms with E-state index in [-0.39, 0.29) is 6.10 Å². The highest BCUT2D eigenvalue weighted by Crippen LogP contribution is 2.24. The van der Waals surface area contributed by atoms with Crippen molar-refractivity contribution in [1.82, 2.24) is 14.6 Å². The van der Waals surface area contributed by atoms with Gasteiger partial charge in [0.15, 0.2) is 11.5 Å². The van der Waals surface area contributed by atoms with Gasteiger partial charge in [0, 0.05) is 19.4 Å². The van der Waals surface area contributed by atoms with E-state index in [1.54, 1.807) is 25.4 Å². The number of hydrogen-bond donors (Lipinski definition) is 0. The fourth-order valence-corrected chi connectivity index (χ4v) is 2.18. The van der Waals surface area contributed by atoms with Gasteiger partial charge in [-0.15, -0.1) is 10.2 Å². The standard InChI is InChI=1S/C15H12N4O/c1-20-14(12-5-3-2-4-6-12)15-18-17-13-9-11(10-16)7-8-19(13)15/h2-9,14H,1H3. The van der Waals surface area contributed by atoms with Crippen LogP contribution in [-0.4, -0.2) is 21.7 Å². The summed E-state index contributed by atoms with van der Waals surface area (Å²) in [5.41, 5.74) is 2.20. The number of fused-ring (bicyclic) bond motifs is 1. The summed E-state index contributed by atoms with van der Waals surface area (Å²) in [7, 11) is 1.64. The molecule has 20 heavy (non-hydrogen) atoms. The van der Waals surface area contributed by atoms with Gasteiger partial charge < -0.3 is 4.74 Å². The molecule has 0 radical (unpaired) electrons. The summed E-state index contributed by atoms with van der Waals surface area (Å²) in [6, 6.07) is 15.4. The van der Waals surface area contributed by atoms with Crippen LogP contribution in [0.25, 0.3) is 5.65 Å². The minimum atomic E-state index is -0.292. The Bertz CT molecular complexity index is 773. The molecule has 0 spiro atoms. The van der Waals surface area contributed by atoms with E-state index in [0.717, 1.165) is 5.56 Å². The highest BCUT2D eigenvalue weighted by molar-refractivity contribution is 5.46. The maximum Gasteiger partial charge on any atom is 0.171 e. The van der Waals surface area contributed by atoms with Crippen molar-refractivity contribution < 1.29 is 4.74 Å². The quantitative estimate of drug-likeness (QED) is 0.728. The van der Waals surface area contributed by atoms with Gasteiger partial charge in [-0.05, 0) is 11.6 Å². The first-order valence-electron chi connectivity index (χ1n) is 6.16. The van der Waals surface area contributed by atoms with Gasteiger partial charge in [-0.25, -0.2) is 0 Å². The molecule has 0 aliphatic carbocycles. The molecule has 0 bridgehead atoms. The zero-order valence-electron chi connectivity index (χ0n) is 10.9. The van der Waals surface area contributed by atoms with Crippen LogP contribution in [-0.2, 0) is 4.74 Å². The van der Waals surface area contributed by atoms with Gasteiger partial charge in [0.25, 0.3) is 0 Å². The molecule has 1 aromatic carbocycles. The van der Waals surface area contributed by atoms with Crippen LogP contribution < -0.4 is 0 Å². The minimum absolute atomic E-state index is 0.292. The predicted octanol–water partition coefficient (Wildman–Crippen LogP) is 2.34. The van der Waals surface area contributed by atoms with Crippen LogP contribution in [0.5, 0.6) is 0 Å². The molecule has 2 heterocycles. The third kappa shape index (κ3) is 2.02. The second-order valence-electron chi connectivity index (χ2n) is 4.34. The fourth-order valence-electron chi connectivity index (χ4n) is 2.18. The maximum absolute atomic E-state index is 8.91. The number of methoxy groups -OCH3 is 1. The Labute approximate surface area is 116 Å². The molecule has 3 rings (SSSR count). The lowest BCUT2D eigenvalue weighted by atomic mass is 10.1. The van der Waals surface area contributed by atoms with Crippen molar-refractivity contribution in [1.29, 1.82) is 5.26 Å². The molecule has 0 saturated heterocycles. The molecule has 3 aromatic rings. The lowest BCUT2D eigenvalue weighted by molar-refractivity contribution is 0.128. The van der Waals surface area contributed by atoms with Crippen molar-refractivity contribution in [2.75, 3.05) is 7.11 Å². The average Bonchev–Trinajstić information content (AvgIpc) is 2.92. The molecule has 1 unspecified atom stereocenters. The second-order valence-corrected chi connectivity index (χ2v) is 4.34. The Balaban J connectivity index is 2.11. The Hall–Kier alpha value is -2.71. The first-order valence-corrected chi connectivity index (χ1v) is 6.16. The summed E-state index contributed by atoms with van der Waals surface area (Å²) < 4.78 is 7.39. The summed E-state index contributed by atoms with van der Waals surface area (Å²) >= 11 is 0. The van der Waals surface area contributed by atoms with Crippen molar-refractivity contribution in [3.8, 4) is 6.07 Å². The van der Waals surface area contributed by atoms with E-state index in [9.17, 15) is 0 Å². The van der Waals surface area contributed by atoms with Crippen molar-refractivity contribution in [2.24, 2.45) is 0 Å². The summed E-state index contributed by atoms with van der Waals surface area (Å²) in [4.78, 5) is 0. The molecule has 2 aromatic heterocycles. The number of hydrogen-bond acceptors (Lipinski definition) is 4. The predicted molar refractivity (Wildman–Crippen MR) is 73.0 cm³/mol. The Morgan fingerprint density at radius 1 is 1.20 bits per heavy atom. The molecule has 98 valence electrons. The second kappa shape index (κ2) is 5.11. The minimum Gasteiger partial charge on any atom is -0.369 e. The van der Waals surface area contributed by atoms with Gasteiger partial charge in [0.2, 0.25) is 0 Å². The van der Waals surface area contributed by atoms with Crippen molar-refractivity contribution in [2.45, 2.75) is 6.10 Å². The highest BCUT2D eigenvalue weighted by atomic mass is 16.5. The molecule has 5 heteroatoms. The zero-order chi connectivity index (χ0) is 13.9. The van der Waals surface area contributed by atoms with Crippen LogP contribution in [0.15, 0.2) is 48.7 Å². The molecular weight excluding hydrogens is 252 g/mol. The first-order chi connectivity index (χ1) is 9.83. The summed E-state index contributed by atoms with van der Waals surface area (Å²) in [5, 5.41) is 17.2. The number of rotatable bonds is 3. The largest absolute Gasteiger partial charge is 0.369 e. The van der Waals surface area contributed by atoms with Crippen LogP contribution in [0.1, 0.15) is 23.1 Å². The highest BCUT2D eigenvalue weighted by Gasteiger charge is 2.19. The first kappa shape index (κ1) is 12.3. The molecule has 0 aliphatic heterocycles. The van der Waals surface area contributed by atoms with Crippen LogP contribution in [0.3, 0.4) is 0 Å². The Morgan fingerprint density at radius 3 is 2.70 bits per heavy atom. The van der Waals surface area contributed by atoms with Gasteiger partial charge in [-0.3, -0.25) is 4.40 Å². The molecule has 0 saturated carbocycles.